The fraction of sp³-hybridized carbons (Fsp3) is 0.750. The molecule has 0 unspecified atom stereocenters. The van der Waals surface area contributed by atoms with E-state index in [0.29, 0.717) is 0 Å². The maximum Gasteiger partial charge on any atom is 0.307 e. The first kappa shape index (κ1) is 6.43. The van der Waals surface area contributed by atoms with Crippen LogP contribution in [0.3, 0.4) is 0 Å². The first-order valence-electron chi connectivity index (χ1n) is 2.11. The van der Waals surface area contributed by atoms with Crippen LogP contribution < -0.4 is 5.73 Å². The number of hydrogen-bond acceptors (Lipinski definition) is 2. The van der Waals surface area contributed by atoms with Crippen LogP contribution >= 0.6 is 0 Å². The van der Waals surface area contributed by atoms with Crippen LogP contribution in [-0.4, -0.2) is 17.6 Å². The fourth-order valence-corrected chi connectivity index (χ4v) is 0.101. The topological polar surface area (TPSA) is 63.3 Å². The van der Waals surface area contributed by atoms with Crippen molar-refractivity contribution in [2.24, 2.45) is 11.7 Å². The van der Waals surface area contributed by atoms with Gasteiger partial charge in [0.05, 0.1) is 5.92 Å². The highest BCUT2D eigenvalue weighted by Crippen LogP contribution is 1.87. The van der Waals surface area contributed by atoms with Crippen molar-refractivity contribution in [2.45, 2.75) is 6.92 Å². The summed E-state index contributed by atoms with van der Waals surface area (Å²) in [4.78, 5) is 9.85. The van der Waals surface area contributed by atoms with E-state index >= 15 is 0 Å². The summed E-state index contributed by atoms with van der Waals surface area (Å²) in [6, 6.07) is 0. The molecule has 3 N–H and O–H groups in total. The summed E-state index contributed by atoms with van der Waals surface area (Å²) in [5.74, 6) is -1.23. The molecule has 0 aliphatic rings. The first-order valence-corrected chi connectivity index (χ1v) is 2.11. The van der Waals surface area contributed by atoms with Gasteiger partial charge in [-0.3, -0.25) is 4.79 Å². The summed E-state index contributed by atoms with van der Waals surface area (Å²) in [5.41, 5.74) is 4.99. The quantitative estimate of drug-likeness (QED) is 0.502. The molecule has 0 radical (unpaired) electrons. The number of carboxylic acid groups (broad SMARTS) is 1. The van der Waals surface area contributed by atoms with Crippen LogP contribution in [0.25, 0.3) is 0 Å². The SMILES string of the molecule is C[C@@H](CN)C(=O)O. The van der Waals surface area contributed by atoms with Crippen LogP contribution in [0.4, 0.5) is 0 Å². The summed E-state index contributed by atoms with van der Waals surface area (Å²) in [5, 5.41) is 8.10. The lowest BCUT2D eigenvalue weighted by Gasteiger charge is -1.96. The smallest absolute Gasteiger partial charge is 0.307 e. The first-order chi connectivity index (χ1) is 3.18. The maximum atomic E-state index is 9.85. The van der Waals surface area contributed by atoms with Gasteiger partial charge in [-0.1, -0.05) is 6.92 Å². The number of carboxylic acids is 1. The predicted molar refractivity (Wildman–Crippen MR) is 25.9 cm³/mol. The Hall–Kier alpha value is -0.570. The fourth-order valence-electron chi connectivity index (χ4n) is 0.101. The standard InChI is InChI=1S/C4H9NO2/c1-3(2-5)4(6)7/h3H,2,5H2,1H3,(H,6,7)/t3-/m0/s1. The van der Waals surface area contributed by atoms with E-state index in [-0.39, 0.29) is 6.54 Å². The molecule has 7 heavy (non-hydrogen) atoms. The van der Waals surface area contributed by atoms with Gasteiger partial charge < -0.3 is 10.8 Å². The molecule has 1 atom stereocenters. The average molecular weight is 103 g/mol. The van der Waals surface area contributed by atoms with Crippen molar-refractivity contribution in [3.8, 4) is 0 Å². The van der Waals surface area contributed by atoms with Crippen molar-refractivity contribution in [1.82, 2.24) is 0 Å². The molecule has 0 fully saturated rings. The van der Waals surface area contributed by atoms with E-state index in [1.54, 1.807) is 6.92 Å². The number of hydrogen-bond donors (Lipinski definition) is 2. The highest BCUT2D eigenvalue weighted by Gasteiger charge is 2.05. The molecule has 42 valence electrons. The summed E-state index contributed by atoms with van der Waals surface area (Å²) in [6.07, 6.45) is 0. The van der Waals surface area contributed by atoms with Crippen LogP contribution in [0, 0.1) is 5.92 Å². The van der Waals surface area contributed by atoms with Crippen molar-refractivity contribution in [2.75, 3.05) is 6.54 Å². The third-order valence-corrected chi connectivity index (χ3v) is 0.775. The zero-order valence-corrected chi connectivity index (χ0v) is 4.22. The minimum Gasteiger partial charge on any atom is -0.481 e. The van der Waals surface area contributed by atoms with Crippen molar-refractivity contribution in [3.05, 3.63) is 0 Å². The molecule has 0 bridgehead atoms. The Morgan fingerprint density at radius 1 is 2.00 bits per heavy atom. The lowest BCUT2D eigenvalue weighted by Crippen LogP contribution is -2.19. The Morgan fingerprint density at radius 3 is 2.43 bits per heavy atom. The molecule has 0 saturated carbocycles. The van der Waals surface area contributed by atoms with Gasteiger partial charge in [-0.05, 0) is 0 Å². The molecular weight excluding hydrogens is 94.0 g/mol. The molecule has 3 heteroatoms. The second-order valence-electron chi connectivity index (χ2n) is 1.47. The monoisotopic (exact) mass is 103 g/mol. The minimum absolute atomic E-state index is 0.218. The third-order valence-electron chi connectivity index (χ3n) is 0.775. The summed E-state index contributed by atoms with van der Waals surface area (Å²) in [6.45, 7) is 1.79. The van der Waals surface area contributed by atoms with E-state index in [9.17, 15) is 4.79 Å². The van der Waals surface area contributed by atoms with Gasteiger partial charge in [0.1, 0.15) is 0 Å². The predicted octanol–water partition coefficient (Wildman–Crippen LogP) is -0.334. The van der Waals surface area contributed by atoms with Gasteiger partial charge in [0.2, 0.25) is 0 Å². The molecular formula is C4H9NO2. The van der Waals surface area contributed by atoms with Gasteiger partial charge in [-0.25, -0.2) is 0 Å². The Balaban J connectivity index is 3.34. The van der Waals surface area contributed by atoms with Gasteiger partial charge in [-0.2, -0.15) is 0 Å². The molecule has 0 aromatic heterocycles. The third kappa shape index (κ3) is 2.17. The highest BCUT2D eigenvalue weighted by molar-refractivity contribution is 5.69. The number of nitrogens with two attached hydrogens (primary N) is 1. The zero-order chi connectivity index (χ0) is 5.86. The van der Waals surface area contributed by atoms with Gasteiger partial charge in [0, 0.05) is 6.54 Å². The van der Waals surface area contributed by atoms with E-state index in [2.05, 4.69) is 0 Å². The molecule has 0 rings (SSSR count). The van der Waals surface area contributed by atoms with Gasteiger partial charge in [0.15, 0.2) is 0 Å². The van der Waals surface area contributed by atoms with E-state index in [0.717, 1.165) is 0 Å². The summed E-state index contributed by atoms with van der Waals surface area (Å²) in [7, 11) is 0. The van der Waals surface area contributed by atoms with E-state index < -0.39 is 11.9 Å². The Bertz CT molecular complexity index is 72.1. The largest absolute Gasteiger partial charge is 0.481 e. The molecule has 0 amide bonds. The minimum atomic E-state index is -0.831. The van der Waals surface area contributed by atoms with Crippen molar-refractivity contribution < 1.29 is 9.90 Å². The lowest BCUT2D eigenvalue weighted by molar-refractivity contribution is -0.140. The van der Waals surface area contributed by atoms with Gasteiger partial charge >= 0.3 is 5.97 Å². The van der Waals surface area contributed by atoms with E-state index in [1.807, 2.05) is 0 Å². The van der Waals surface area contributed by atoms with E-state index in [1.165, 1.54) is 0 Å². The molecule has 3 nitrogen and oxygen atoms in total. The van der Waals surface area contributed by atoms with Crippen LogP contribution in [0.1, 0.15) is 6.92 Å². The van der Waals surface area contributed by atoms with Crippen LogP contribution in [0.15, 0.2) is 0 Å². The second kappa shape index (κ2) is 2.58. The Kier molecular flexibility index (Phi) is 2.37. The Labute approximate surface area is 42.1 Å². The second-order valence-corrected chi connectivity index (χ2v) is 1.47. The number of aliphatic carboxylic acids is 1. The molecule has 0 spiro atoms. The lowest BCUT2D eigenvalue weighted by atomic mass is 10.2. The summed E-state index contributed by atoms with van der Waals surface area (Å²) < 4.78 is 0. The van der Waals surface area contributed by atoms with Gasteiger partial charge in [-0.15, -0.1) is 0 Å². The molecule has 0 aromatic rings. The highest BCUT2D eigenvalue weighted by atomic mass is 16.4. The molecule has 0 heterocycles. The summed E-state index contributed by atoms with van der Waals surface area (Å²) >= 11 is 0. The molecule has 0 saturated heterocycles. The van der Waals surface area contributed by atoms with Gasteiger partial charge in [0.25, 0.3) is 0 Å². The van der Waals surface area contributed by atoms with Crippen molar-refractivity contribution in [1.29, 1.82) is 0 Å². The van der Waals surface area contributed by atoms with Crippen LogP contribution in [0.5, 0.6) is 0 Å². The van der Waals surface area contributed by atoms with Crippen LogP contribution in [0.2, 0.25) is 0 Å². The number of carbonyl (C=O) groups is 1. The normalized spacial score (nSPS) is 13.4. The van der Waals surface area contributed by atoms with Crippen molar-refractivity contribution in [3.63, 3.8) is 0 Å². The van der Waals surface area contributed by atoms with Crippen LogP contribution in [-0.2, 0) is 4.79 Å². The average Bonchev–Trinajstić information content (AvgIpc) is 1.65. The molecule has 0 aromatic carbocycles. The molecule has 0 aliphatic heterocycles. The molecule has 0 aliphatic carbocycles. The maximum absolute atomic E-state index is 9.85. The number of rotatable bonds is 2. The van der Waals surface area contributed by atoms with E-state index in [4.69, 9.17) is 10.8 Å². The van der Waals surface area contributed by atoms with Crippen molar-refractivity contribution >= 4 is 5.97 Å². The zero-order valence-electron chi connectivity index (χ0n) is 4.22. The Morgan fingerprint density at radius 2 is 2.43 bits per heavy atom.